The van der Waals surface area contributed by atoms with Crippen molar-refractivity contribution in [2.75, 3.05) is 0 Å². The fourth-order valence-corrected chi connectivity index (χ4v) is 2.63. The molecule has 1 aliphatic rings. The van der Waals surface area contributed by atoms with Crippen molar-refractivity contribution < 1.29 is 14.6 Å². The van der Waals surface area contributed by atoms with Crippen LogP contribution in [0.4, 0.5) is 0 Å². The highest BCUT2D eigenvalue weighted by Gasteiger charge is 2.41. The Kier molecular flexibility index (Phi) is 4.05. The third-order valence-corrected chi connectivity index (χ3v) is 3.74. The molecule has 2 atom stereocenters. The van der Waals surface area contributed by atoms with Gasteiger partial charge in [-0.25, -0.2) is 0 Å². The van der Waals surface area contributed by atoms with Gasteiger partial charge in [0.2, 0.25) is 0 Å². The lowest BCUT2D eigenvalue weighted by Crippen LogP contribution is -2.40. The van der Waals surface area contributed by atoms with Gasteiger partial charge < -0.3 is 9.84 Å². The normalized spacial score (nSPS) is 26.7. The van der Waals surface area contributed by atoms with Gasteiger partial charge in [0.1, 0.15) is 5.76 Å². The highest BCUT2D eigenvalue weighted by atomic mass is 16.5. The molecule has 0 aliphatic heterocycles. The summed E-state index contributed by atoms with van der Waals surface area (Å²) in [5.74, 6) is 0.266. The maximum absolute atomic E-state index is 11.2. The van der Waals surface area contributed by atoms with Crippen LogP contribution in [0.3, 0.4) is 0 Å². The molecule has 0 fully saturated rings. The second-order valence-corrected chi connectivity index (χ2v) is 5.34. The van der Waals surface area contributed by atoms with Crippen LogP contribution in [-0.4, -0.2) is 17.2 Å². The minimum absolute atomic E-state index is 0.334. The molecule has 0 bridgehead atoms. The van der Waals surface area contributed by atoms with Gasteiger partial charge in [0.05, 0.1) is 11.5 Å². The van der Waals surface area contributed by atoms with Gasteiger partial charge in [0, 0.05) is 6.92 Å². The first-order valence-electron chi connectivity index (χ1n) is 6.63. The van der Waals surface area contributed by atoms with E-state index in [1.54, 1.807) is 0 Å². The van der Waals surface area contributed by atoms with E-state index in [9.17, 15) is 9.90 Å². The number of carbonyl (C=O) groups is 1. The van der Waals surface area contributed by atoms with Crippen molar-refractivity contribution in [2.24, 2.45) is 5.41 Å². The van der Waals surface area contributed by atoms with E-state index in [0.29, 0.717) is 18.6 Å². The first kappa shape index (κ1) is 13.8. The highest BCUT2D eigenvalue weighted by molar-refractivity contribution is 5.67. The number of aliphatic hydroxyl groups is 1. The average Bonchev–Trinajstić information content (AvgIpc) is 2.36. The summed E-state index contributed by atoms with van der Waals surface area (Å²) in [5.41, 5.74) is 0.592. The molecule has 3 heteroatoms. The fourth-order valence-electron chi connectivity index (χ4n) is 2.63. The Hall–Kier alpha value is -1.61. The Balaban J connectivity index is 2.27. The van der Waals surface area contributed by atoms with Gasteiger partial charge in [0.15, 0.2) is 0 Å². The van der Waals surface area contributed by atoms with E-state index >= 15 is 0 Å². The van der Waals surface area contributed by atoms with Crippen LogP contribution in [0, 0.1) is 5.41 Å². The first-order valence-corrected chi connectivity index (χ1v) is 6.63. The lowest BCUT2D eigenvalue weighted by molar-refractivity contribution is -0.140. The summed E-state index contributed by atoms with van der Waals surface area (Å²) in [5, 5.41) is 10.3. The Labute approximate surface area is 113 Å². The molecule has 19 heavy (non-hydrogen) atoms. The SMILES string of the molecule is CC(=O)OC1=CCCC(O)C1(C)Cc1ccccc1. The number of hydrogen-bond acceptors (Lipinski definition) is 3. The van der Waals surface area contributed by atoms with E-state index in [2.05, 4.69) is 0 Å². The average molecular weight is 260 g/mol. The van der Waals surface area contributed by atoms with E-state index < -0.39 is 11.5 Å². The molecule has 0 spiro atoms. The number of aliphatic hydroxyl groups excluding tert-OH is 1. The predicted octanol–water partition coefficient (Wildman–Crippen LogP) is 2.84. The van der Waals surface area contributed by atoms with Crippen LogP contribution < -0.4 is 0 Å². The Morgan fingerprint density at radius 2 is 2.11 bits per heavy atom. The minimum Gasteiger partial charge on any atom is -0.431 e. The quantitative estimate of drug-likeness (QED) is 0.850. The second-order valence-electron chi connectivity index (χ2n) is 5.34. The predicted molar refractivity (Wildman–Crippen MR) is 73.3 cm³/mol. The molecule has 3 nitrogen and oxygen atoms in total. The summed E-state index contributed by atoms with van der Waals surface area (Å²) in [6.07, 6.45) is 3.54. The Bertz CT molecular complexity index is 478. The van der Waals surface area contributed by atoms with Crippen LogP contribution in [0.1, 0.15) is 32.3 Å². The van der Waals surface area contributed by atoms with E-state index in [1.165, 1.54) is 6.92 Å². The summed E-state index contributed by atoms with van der Waals surface area (Å²) in [7, 11) is 0. The first-order chi connectivity index (χ1) is 9.02. The molecular weight excluding hydrogens is 240 g/mol. The molecule has 1 aliphatic carbocycles. The molecule has 0 aromatic heterocycles. The Morgan fingerprint density at radius 3 is 2.74 bits per heavy atom. The maximum atomic E-state index is 11.2. The van der Waals surface area contributed by atoms with E-state index in [-0.39, 0.29) is 5.97 Å². The van der Waals surface area contributed by atoms with Crippen LogP contribution in [-0.2, 0) is 16.0 Å². The molecular formula is C16H20O3. The van der Waals surface area contributed by atoms with E-state index in [0.717, 1.165) is 12.0 Å². The maximum Gasteiger partial charge on any atom is 0.307 e. The molecule has 0 amide bonds. The van der Waals surface area contributed by atoms with E-state index in [1.807, 2.05) is 43.3 Å². The van der Waals surface area contributed by atoms with Crippen molar-refractivity contribution in [3.05, 3.63) is 47.7 Å². The van der Waals surface area contributed by atoms with E-state index in [4.69, 9.17) is 4.74 Å². The number of benzene rings is 1. The smallest absolute Gasteiger partial charge is 0.307 e. The van der Waals surface area contributed by atoms with Crippen molar-refractivity contribution in [1.82, 2.24) is 0 Å². The number of rotatable bonds is 3. The summed E-state index contributed by atoms with van der Waals surface area (Å²) in [6, 6.07) is 9.97. The summed E-state index contributed by atoms with van der Waals surface area (Å²) in [4.78, 5) is 11.2. The number of hydrogen-bond donors (Lipinski definition) is 1. The molecule has 0 saturated carbocycles. The molecule has 1 N–H and O–H groups in total. The molecule has 0 radical (unpaired) electrons. The highest BCUT2D eigenvalue weighted by Crippen LogP contribution is 2.41. The van der Waals surface area contributed by atoms with Gasteiger partial charge in [0.25, 0.3) is 0 Å². The van der Waals surface area contributed by atoms with Gasteiger partial charge in [-0.05, 0) is 37.8 Å². The monoisotopic (exact) mass is 260 g/mol. The molecule has 2 unspecified atom stereocenters. The zero-order valence-corrected chi connectivity index (χ0v) is 11.4. The summed E-state index contributed by atoms with van der Waals surface area (Å²) in [6.45, 7) is 3.35. The van der Waals surface area contributed by atoms with Crippen molar-refractivity contribution in [3.8, 4) is 0 Å². The third kappa shape index (κ3) is 3.04. The summed E-state index contributed by atoms with van der Waals surface area (Å²) < 4.78 is 5.31. The second kappa shape index (κ2) is 5.57. The van der Waals surface area contributed by atoms with Crippen LogP contribution in [0.25, 0.3) is 0 Å². The van der Waals surface area contributed by atoms with Gasteiger partial charge in [-0.1, -0.05) is 30.3 Å². The van der Waals surface area contributed by atoms with Gasteiger partial charge in [-0.15, -0.1) is 0 Å². The van der Waals surface area contributed by atoms with Crippen LogP contribution in [0.5, 0.6) is 0 Å². The van der Waals surface area contributed by atoms with Gasteiger partial charge in [-0.3, -0.25) is 4.79 Å². The van der Waals surface area contributed by atoms with Crippen molar-refractivity contribution in [3.63, 3.8) is 0 Å². The van der Waals surface area contributed by atoms with Crippen LogP contribution in [0.2, 0.25) is 0 Å². The largest absolute Gasteiger partial charge is 0.431 e. The van der Waals surface area contributed by atoms with Gasteiger partial charge in [-0.2, -0.15) is 0 Å². The Morgan fingerprint density at radius 1 is 1.42 bits per heavy atom. The molecule has 0 heterocycles. The number of allylic oxidation sites excluding steroid dienone is 1. The lowest BCUT2D eigenvalue weighted by Gasteiger charge is -2.38. The van der Waals surface area contributed by atoms with Crippen LogP contribution in [0.15, 0.2) is 42.2 Å². The molecule has 2 rings (SSSR count). The number of carbonyl (C=O) groups excluding carboxylic acids is 1. The zero-order valence-electron chi connectivity index (χ0n) is 11.4. The third-order valence-electron chi connectivity index (χ3n) is 3.74. The summed E-state index contributed by atoms with van der Waals surface area (Å²) >= 11 is 0. The van der Waals surface area contributed by atoms with Crippen molar-refractivity contribution in [1.29, 1.82) is 0 Å². The minimum atomic E-state index is -0.536. The zero-order chi connectivity index (χ0) is 13.9. The fraction of sp³-hybridized carbons (Fsp3) is 0.438. The molecule has 1 aromatic carbocycles. The van der Waals surface area contributed by atoms with Crippen molar-refractivity contribution in [2.45, 2.75) is 39.2 Å². The topological polar surface area (TPSA) is 46.5 Å². The number of esters is 1. The number of ether oxygens (including phenoxy) is 1. The van der Waals surface area contributed by atoms with Gasteiger partial charge >= 0.3 is 5.97 Å². The van der Waals surface area contributed by atoms with Crippen molar-refractivity contribution >= 4 is 5.97 Å². The van der Waals surface area contributed by atoms with Crippen LogP contribution >= 0.6 is 0 Å². The molecule has 102 valence electrons. The standard InChI is InChI=1S/C16H20O3/c1-12(17)19-15-10-6-9-14(18)16(15,2)11-13-7-4-3-5-8-13/h3-5,7-8,10,14,18H,6,9,11H2,1-2H3. The molecule has 1 aromatic rings. The molecule has 0 saturated heterocycles. The lowest BCUT2D eigenvalue weighted by atomic mass is 9.72.